The molecule has 0 N–H and O–H groups in total. The fourth-order valence-corrected chi connectivity index (χ4v) is 1.65. The number of ether oxygens (including phenoxy) is 2. The minimum atomic E-state index is -0.630. The molecule has 2 unspecified atom stereocenters. The molecule has 120 valence electrons. The molecule has 0 aromatic rings. The maximum absolute atomic E-state index is 12.2. The molecular weight excluding hydrogens is 272 g/mol. The van der Waals surface area contributed by atoms with E-state index in [1.165, 1.54) is 4.90 Å². The summed E-state index contributed by atoms with van der Waals surface area (Å²) in [5.74, 6) is -0.839. The van der Waals surface area contributed by atoms with Gasteiger partial charge in [-0.05, 0) is 34.6 Å². The minimum Gasteiger partial charge on any atom is -0.466 e. The van der Waals surface area contributed by atoms with E-state index >= 15 is 0 Å². The van der Waals surface area contributed by atoms with Gasteiger partial charge in [-0.2, -0.15) is 5.26 Å². The molecule has 1 amide bonds. The summed E-state index contributed by atoms with van der Waals surface area (Å²) < 4.78 is 10.3. The van der Waals surface area contributed by atoms with Gasteiger partial charge < -0.3 is 14.4 Å². The number of nitriles is 1. The van der Waals surface area contributed by atoms with E-state index in [0.717, 1.165) is 0 Å². The molecule has 0 heterocycles. The third kappa shape index (κ3) is 7.54. The Morgan fingerprint density at radius 1 is 1.29 bits per heavy atom. The summed E-state index contributed by atoms with van der Waals surface area (Å²) >= 11 is 0. The number of hydrogen-bond donors (Lipinski definition) is 0. The molecule has 2 atom stereocenters. The summed E-state index contributed by atoms with van der Waals surface area (Å²) in [6.07, 6.45) is -0.351. The van der Waals surface area contributed by atoms with Crippen molar-refractivity contribution in [2.24, 2.45) is 5.92 Å². The number of esters is 1. The van der Waals surface area contributed by atoms with Gasteiger partial charge in [-0.1, -0.05) is 6.92 Å². The molecule has 21 heavy (non-hydrogen) atoms. The first kappa shape index (κ1) is 19.2. The van der Waals surface area contributed by atoms with Crippen LogP contribution in [0.15, 0.2) is 0 Å². The highest BCUT2D eigenvalue weighted by atomic mass is 16.6. The van der Waals surface area contributed by atoms with Crippen LogP contribution in [0.5, 0.6) is 0 Å². The lowest BCUT2D eigenvalue weighted by Crippen LogP contribution is -2.45. The maximum Gasteiger partial charge on any atom is 0.410 e. The Bertz CT molecular complexity index is 395. The normalized spacial score (nSPS) is 13.8. The standard InChI is InChI=1S/C15H26N2O4/c1-7-20-13(18)11(2)10-17(12(3)8-9-16)14(19)21-15(4,5)6/h11-12H,7-8,10H2,1-6H3. The van der Waals surface area contributed by atoms with Crippen molar-refractivity contribution in [2.75, 3.05) is 13.2 Å². The van der Waals surface area contributed by atoms with Gasteiger partial charge in [-0.3, -0.25) is 4.79 Å². The van der Waals surface area contributed by atoms with Crippen LogP contribution in [-0.2, 0) is 14.3 Å². The summed E-state index contributed by atoms with van der Waals surface area (Å²) in [5, 5.41) is 8.81. The van der Waals surface area contributed by atoms with Crippen LogP contribution >= 0.6 is 0 Å². The first-order valence-electron chi connectivity index (χ1n) is 7.15. The van der Waals surface area contributed by atoms with Crippen LogP contribution in [0.4, 0.5) is 4.79 Å². The molecule has 0 bridgehead atoms. The molecule has 0 spiro atoms. The van der Waals surface area contributed by atoms with E-state index in [1.54, 1.807) is 41.5 Å². The lowest BCUT2D eigenvalue weighted by molar-refractivity contribution is -0.148. The van der Waals surface area contributed by atoms with Crippen molar-refractivity contribution in [3.8, 4) is 6.07 Å². The Balaban J connectivity index is 4.94. The number of carbonyl (C=O) groups excluding carboxylic acids is 2. The highest BCUT2D eigenvalue weighted by Gasteiger charge is 2.29. The highest BCUT2D eigenvalue weighted by Crippen LogP contribution is 2.15. The van der Waals surface area contributed by atoms with Gasteiger partial charge in [0.15, 0.2) is 0 Å². The third-order valence-corrected chi connectivity index (χ3v) is 2.71. The molecule has 0 fully saturated rings. The number of rotatable bonds is 6. The van der Waals surface area contributed by atoms with Gasteiger partial charge in [0, 0.05) is 12.6 Å². The second-order valence-electron chi connectivity index (χ2n) is 6.00. The monoisotopic (exact) mass is 298 g/mol. The van der Waals surface area contributed by atoms with Crippen molar-refractivity contribution in [3.63, 3.8) is 0 Å². The fraction of sp³-hybridized carbons (Fsp3) is 0.800. The number of carbonyl (C=O) groups is 2. The zero-order chi connectivity index (χ0) is 16.6. The number of amides is 1. The lowest BCUT2D eigenvalue weighted by atomic mass is 10.1. The van der Waals surface area contributed by atoms with Gasteiger partial charge in [0.2, 0.25) is 0 Å². The first-order chi connectivity index (χ1) is 9.62. The van der Waals surface area contributed by atoms with Crippen LogP contribution in [0, 0.1) is 17.2 Å². The highest BCUT2D eigenvalue weighted by molar-refractivity contribution is 5.74. The van der Waals surface area contributed by atoms with E-state index in [-0.39, 0.29) is 25.0 Å². The van der Waals surface area contributed by atoms with E-state index in [1.807, 2.05) is 6.07 Å². The van der Waals surface area contributed by atoms with Crippen LogP contribution in [0.25, 0.3) is 0 Å². The predicted octanol–water partition coefficient (Wildman–Crippen LogP) is 2.72. The molecule has 0 aliphatic carbocycles. The molecule has 0 aromatic carbocycles. The zero-order valence-corrected chi connectivity index (χ0v) is 13.8. The van der Waals surface area contributed by atoms with Crippen molar-refractivity contribution in [1.29, 1.82) is 5.26 Å². The number of nitrogens with zero attached hydrogens (tertiary/aromatic N) is 2. The molecule has 6 heteroatoms. The Kier molecular flexibility index (Phi) is 7.79. The van der Waals surface area contributed by atoms with Crippen LogP contribution in [0.1, 0.15) is 48.0 Å². The quantitative estimate of drug-likeness (QED) is 0.704. The molecule has 0 saturated carbocycles. The molecule has 0 rings (SSSR count). The topological polar surface area (TPSA) is 79.6 Å². The van der Waals surface area contributed by atoms with E-state index < -0.39 is 17.6 Å². The van der Waals surface area contributed by atoms with E-state index in [2.05, 4.69) is 0 Å². The van der Waals surface area contributed by atoms with Crippen LogP contribution in [-0.4, -0.2) is 41.8 Å². The summed E-state index contributed by atoms with van der Waals surface area (Å²) in [6, 6.07) is 1.70. The van der Waals surface area contributed by atoms with Crippen molar-refractivity contribution in [2.45, 2.75) is 59.6 Å². The second-order valence-corrected chi connectivity index (χ2v) is 6.00. The Morgan fingerprint density at radius 2 is 1.86 bits per heavy atom. The van der Waals surface area contributed by atoms with E-state index in [0.29, 0.717) is 6.61 Å². The average Bonchev–Trinajstić information content (AvgIpc) is 2.33. The molecule has 0 aromatic heterocycles. The summed E-state index contributed by atoms with van der Waals surface area (Å²) in [7, 11) is 0. The molecule has 0 radical (unpaired) electrons. The fourth-order valence-electron chi connectivity index (χ4n) is 1.65. The summed E-state index contributed by atoms with van der Waals surface area (Å²) in [4.78, 5) is 25.3. The first-order valence-corrected chi connectivity index (χ1v) is 7.15. The Hall–Kier alpha value is -1.77. The zero-order valence-electron chi connectivity index (χ0n) is 13.8. The molecule has 0 aliphatic heterocycles. The molecule has 0 aliphatic rings. The van der Waals surface area contributed by atoms with Gasteiger partial charge >= 0.3 is 12.1 Å². The summed E-state index contributed by atoms with van der Waals surface area (Å²) in [6.45, 7) is 10.9. The minimum absolute atomic E-state index is 0.163. The molecule has 6 nitrogen and oxygen atoms in total. The largest absolute Gasteiger partial charge is 0.466 e. The third-order valence-electron chi connectivity index (χ3n) is 2.71. The van der Waals surface area contributed by atoms with Crippen LogP contribution in [0.3, 0.4) is 0 Å². The Labute approximate surface area is 127 Å². The van der Waals surface area contributed by atoms with Crippen LogP contribution in [0.2, 0.25) is 0 Å². The van der Waals surface area contributed by atoms with Gasteiger partial charge in [0.25, 0.3) is 0 Å². The van der Waals surface area contributed by atoms with Crippen LogP contribution < -0.4 is 0 Å². The molecule has 0 saturated heterocycles. The Morgan fingerprint density at radius 3 is 2.29 bits per heavy atom. The van der Waals surface area contributed by atoms with E-state index in [9.17, 15) is 9.59 Å². The van der Waals surface area contributed by atoms with Gasteiger partial charge in [-0.25, -0.2) is 4.79 Å². The van der Waals surface area contributed by atoms with Crippen molar-refractivity contribution in [3.05, 3.63) is 0 Å². The predicted molar refractivity (Wildman–Crippen MR) is 78.4 cm³/mol. The van der Waals surface area contributed by atoms with Gasteiger partial charge in [0.05, 0.1) is 25.0 Å². The number of hydrogen-bond acceptors (Lipinski definition) is 5. The van der Waals surface area contributed by atoms with Gasteiger partial charge in [0.1, 0.15) is 5.60 Å². The lowest BCUT2D eigenvalue weighted by Gasteiger charge is -2.32. The van der Waals surface area contributed by atoms with Crippen molar-refractivity contribution >= 4 is 12.1 Å². The van der Waals surface area contributed by atoms with E-state index in [4.69, 9.17) is 14.7 Å². The maximum atomic E-state index is 12.2. The van der Waals surface area contributed by atoms with Crippen molar-refractivity contribution in [1.82, 2.24) is 4.90 Å². The van der Waals surface area contributed by atoms with Crippen molar-refractivity contribution < 1.29 is 19.1 Å². The molecular formula is C15H26N2O4. The smallest absolute Gasteiger partial charge is 0.410 e. The second kappa shape index (κ2) is 8.50. The SMILES string of the molecule is CCOC(=O)C(C)CN(C(=O)OC(C)(C)C)C(C)CC#N. The summed E-state index contributed by atoms with van der Waals surface area (Å²) in [5.41, 5.74) is -0.630. The van der Waals surface area contributed by atoms with Gasteiger partial charge in [-0.15, -0.1) is 0 Å². The average molecular weight is 298 g/mol.